The van der Waals surface area contributed by atoms with E-state index in [1.807, 2.05) is 11.1 Å². The molecule has 1 saturated heterocycles. The summed E-state index contributed by atoms with van der Waals surface area (Å²) < 4.78 is 0. The minimum atomic E-state index is 0.182. The summed E-state index contributed by atoms with van der Waals surface area (Å²) in [5.74, 6) is 1.68. The first kappa shape index (κ1) is 13.4. The quantitative estimate of drug-likeness (QED) is 0.851. The molecule has 1 aromatic rings. The van der Waals surface area contributed by atoms with Crippen molar-refractivity contribution >= 4 is 5.91 Å². The Balaban J connectivity index is 1.62. The fourth-order valence-electron chi connectivity index (χ4n) is 3.07. The minimum absolute atomic E-state index is 0.182. The second-order valence-corrected chi connectivity index (χ2v) is 5.78. The minimum Gasteiger partial charge on any atom is -0.347 e. The Kier molecular flexibility index (Phi) is 3.87. The molecule has 20 heavy (non-hydrogen) atoms. The van der Waals surface area contributed by atoms with Crippen LogP contribution in [0.5, 0.6) is 0 Å². The van der Waals surface area contributed by atoms with Gasteiger partial charge >= 0.3 is 0 Å². The summed E-state index contributed by atoms with van der Waals surface area (Å²) in [6.45, 7) is 2.46. The second kappa shape index (κ2) is 5.79. The van der Waals surface area contributed by atoms with Crippen LogP contribution in [0.1, 0.15) is 31.1 Å². The average molecular weight is 274 g/mol. The van der Waals surface area contributed by atoms with Crippen molar-refractivity contribution in [1.82, 2.24) is 19.8 Å². The van der Waals surface area contributed by atoms with E-state index in [1.165, 1.54) is 0 Å². The van der Waals surface area contributed by atoms with E-state index < -0.39 is 0 Å². The van der Waals surface area contributed by atoms with E-state index in [9.17, 15) is 4.79 Å². The maximum Gasteiger partial charge on any atom is 0.223 e. The third kappa shape index (κ3) is 2.77. The van der Waals surface area contributed by atoms with E-state index >= 15 is 0 Å². The number of piperazine rings is 1. The first-order chi connectivity index (χ1) is 9.74. The molecule has 2 aliphatic rings. The number of hydrogen-bond acceptors (Lipinski definition) is 3. The van der Waals surface area contributed by atoms with Gasteiger partial charge in [-0.2, -0.15) is 0 Å². The van der Waals surface area contributed by atoms with Crippen LogP contribution in [0, 0.1) is 5.92 Å². The molecule has 1 N–H and O–H groups in total. The van der Waals surface area contributed by atoms with Gasteiger partial charge < -0.3 is 9.88 Å². The van der Waals surface area contributed by atoms with Crippen LogP contribution in [-0.4, -0.2) is 52.4 Å². The zero-order valence-electron chi connectivity index (χ0n) is 12.0. The number of carbonyl (C=O) groups is 1. The lowest BCUT2D eigenvalue weighted by molar-refractivity contribution is -0.134. The number of aromatic nitrogens is 2. The normalized spacial score (nSPS) is 27.1. The molecule has 5 heteroatoms. The van der Waals surface area contributed by atoms with Gasteiger partial charge in [0.05, 0.1) is 6.04 Å². The number of likely N-dealkylation sites (N-methyl/N-ethyl adjacent to an activating group) is 1. The van der Waals surface area contributed by atoms with E-state index in [1.54, 1.807) is 6.20 Å². The monoisotopic (exact) mass is 274 g/mol. The molecule has 0 unspecified atom stereocenters. The molecule has 1 aromatic heterocycles. The van der Waals surface area contributed by atoms with E-state index in [4.69, 9.17) is 0 Å². The molecular weight excluding hydrogens is 252 g/mol. The molecule has 3 rings (SSSR count). The number of rotatable bonds is 3. The van der Waals surface area contributed by atoms with Crippen LogP contribution in [-0.2, 0) is 4.79 Å². The van der Waals surface area contributed by atoms with Crippen molar-refractivity contribution in [2.75, 3.05) is 26.7 Å². The van der Waals surface area contributed by atoms with Gasteiger partial charge in [0, 0.05) is 38.4 Å². The summed E-state index contributed by atoms with van der Waals surface area (Å²) >= 11 is 0. The van der Waals surface area contributed by atoms with Gasteiger partial charge in [-0.05, 0) is 25.8 Å². The highest BCUT2D eigenvalue weighted by Crippen LogP contribution is 2.25. The molecule has 0 bridgehead atoms. The highest BCUT2D eigenvalue weighted by atomic mass is 16.2. The molecule has 1 aliphatic heterocycles. The summed E-state index contributed by atoms with van der Waals surface area (Å²) in [6.07, 6.45) is 10.9. The maximum atomic E-state index is 12.4. The fourth-order valence-corrected chi connectivity index (χ4v) is 3.07. The van der Waals surface area contributed by atoms with Gasteiger partial charge in [0.1, 0.15) is 5.82 Å². The van der Waals surface area contributed by atoms with Crippen molar-refractivity contribution in [3.8, 4) is 0 Å². The third-order valence-corrected chi connectivity index (χ3v) is 4.38. The lowest BCUT2D eigenvalue weighted by Gasteiger charge is -2.38. The summed E-state index contributed by atoms with van der Waals surface area (Å²) in [5.41, 5.74) is 0. The number of nitrogens with zero attached hydrogens (tertiary/aromatic N) is 3. The van der Waals surface area contributed by atoms with Crippen LogP contribution in [0.25, 0.3) is 0 Å². The first-order valence-corrected chi connectivity index (χ1v) is 7.38. The Morgan fingerprint density at radius 1 is 1.50 bits per heavy atom. The van der Waals surface area contributed by atoms with Crippen LogP contribution < -0.4 is 0 Å². The van der Waals surface area contributed by atoms with E-state index in [-0.39, 0.29) is 11.9 Å². The van der Waals surface area contributed by atoms with Crippen molar-refractivity contribution < 1.29 is 4.79 Å². The largest absolute Gasteiger partial charge is 0.347 e. The summed E-state index contributed by atoms with van der Waals surface area (Å²) in [6, 6.07) is 0.182. The number of carbonyl (C=O) groups excluding carboxylic acids is 1. The van der Waals surface area contributed by atoms with Gasteiger partial charge in [-0.3, -0.25) is 9.69 Å². The lowest BCUT2D eigenvalue weighted by Crippen LogP contribution is -2.49. The highest BCUT2D eigenvalue weighted by molar-refractivity contribution is 5.77. The number of hydrogen-bond donors (Lipinski definition) is 1. The Labute approximate surface area is 119 Å². The molecule has 1 amide bonds. The van der Waals surface area contributed by atoms with Gasteiger partial charge in [0.15, 0.2) is 0 Å². The molecule has 2 heterocycles. The van der Waals surface area contributed by atoms with Gasteiger partial charge in [0.2, 0.25) is 5.91 Å². The summed E-state index contributed by atoms with van der Waals surface area (Å²) in [5, 5.41) is 0. The molecule has 1 fully saturated rings. The van der Waals surface area contributed by atoms with E-state index in [0.29, 0.717) is 12.3 Å². The second-order valence-electron chi connectivity index (χ2n) is 5.78. The number of H-pyrrole nitrogens is 1. The third-order valence-electron chi connectivity index (χ3n) is 4.38. The number of imidazole rings is 1. The standard InChI is InChI=1S/C15H22N4O/c1-18-8-9-19(11-13(18)15-16-6-7-17-15)14(20)10-12-4-2-3-5-12/h2,4,6-7,12-13H,3,5,8-11H2,1H3,(H,16,17)/t12-,13-/m1/s1. The Bertz CT molecular complexity index is 482. The molecule has 0 saturated carbocycles. The molecule has 0 spiro atoms. The van der Waals surface area contributed by atoms with Crippen LogP contribution >= 0.6 is 0 Å². The molecule has 5 nitrogen and oxygen atoms in total. The predicted molar refractivity (Wildman–Crippen MR) is 77.0 cm³/mol. The molecule has 1 aliphatic carbocycles. The zero-order chi connectivity index (χ0) is 13.9. The molecule has 2 atom stereocenters. The number of allylic oxidation sites excluding steroid dienone is 2. The smallest absolute Gasteiger partial charge is 0.223 e. The highest BCUT2D eigenvalue weighted by Gasteiger charge is 2.30. The van der Waals surface area contributed by atoms with E-state index in [0.717, 1.165) is 38.3 Å². The predicted octanol–water partition coefficient (Wildman–Crippen LogP) is 1.58. The van der Waals surface area contributed by atoms with Crippen molar-refractivity contribution in [1.29, 1.82) is 0 Å². The average Bonchev–Trinajstić information content (AvgIpc) is 3.11. The van der Waals surface area contributed by atoms with Crippen molar-refractivity contribution in [3.63, 3.8) is 0 Å². The lowest BCUT2D eigenvalue weighted by atomic mass is 10.0. The molecule has 108 valence electrons. The van der Waals surface area contributed by atoms with Gasteiger partial charge in [-0.1, -0.05) is 12.2 Å². The van der Waals surface area contributed by atoms with Crippen LogP contribution in [0.4, 0.5) is 0 Å². The number of amides is 1. The van der Waals surface area contributed by atoms with Crippen LogP contribution in [0.15, 0.2) is 24.5 Å². The number of nitrogens with one attached hydrogen (secondary N) is 1. The fraction of sp³-hybridized carbons (Fsp3) is 0.600. The van der Waals surface area contributed by atoms with E-state index in [2.05, 4.69) is 34.1 Å². The van der Waals surface area contributed by atoms with Gasteiger partial charge in [0.25, 0.3) is 0 Å². The SMILES string of the molecule is CN1CCN(C(=O)C[C@@H]2C=CCC2)C[C@@H]1c1ncc[nH]1. The first-order valence-electron chi connectivity index (χ1n) is 7.38. The summed E-state index contributed by atoms with van der Waals surface area (Å²) in [4.78, 5) is 24.2. The molecule has 0 aromatic carbocycles. The van der Waals surface area contributed by atoms with Crippen LogP contribution in [0.2, 0.25) is 0 Å². The van der Waals surface area contributed by atoms with Gasteiger partial charge in [-0.25, -0.2) is 4.98 Å². The molecular formula is C15H22N4O. The zero-order valence-corrected chi connectivity index (χ0v) is 12.0. The number of aromatic amines is 1. The van der Waals surface area contributed by atoms with Crippen molar-refractivity contribution in [2.45, 2.75) is 25.3 Å². The molecule has 0 radical (unpaired) electrons. The van der Waals surface area contributed by atoms with Crippen molar-refractivity contribution in [3.05, 3.63) is 30.4 Å². The summed E-state index contributed by atoms with van der Waals surface area (Å²) in [7, 11) is 2.09. The Morgan fingerprint density at radius 2 is 2.40 bits per heavy atom. The topological polar surface area (TPSA) is 52.2 Å². The van der Waals surface area contributed by atoms with Crippen molar-refractivity contribution in [2.24, 2.45) is 5.92 Å². The van der Waals surface area contributed by atoms with Crippen LogP contribution in [0.3, 0.4) is 0 Å². The Morgan fingerprint density at radius 3 is 3.10 bits per heavy atom. The maximum absolute atomic E-state index is 12.4. The van der Waals surface area contributed by atoms with Gasteiger partial charge in [-0.15, -0.1) is 0 Å². The Hall–Kier alpha value is -1.62.